The Morgan fingerprint density at radius 1 is 1.06 bits per heavy atom. The summed E-state index contributed by atoms with van der Waals surface area (Å²) >= 11 is 0. The zero-order chi connectivity index (χ0) is 24.1. The minimum atomic E-state index is -4.03. The third kappa shape index (κ3) is 6.21. The molecule has 2 aromatic carbocycles. The number of nitrogens with zero attached hydrogens (tertiary/aromatic N) is 1. The van der Waals surface area contributed by atoms with Gasteiger partial charge in [-0.2, -0.15) is 0 Å². The second kappa shape index (κ2) is 10.5. The molecule has 3 rings (SSSR count). The van der Waals surface area contributed by atoms with Crippen LogP contribution in [0.2, 0.25) is 0 Å². The standard InChI is InChI=1S/C25H31NO6S/c1-25(2,24(29)26-14-13-22(27)16-26)33(30,31)18-21(15-19-9-5-3-6-10-19)23(28)32-17-20-11-7-4-8-12-20/h3-12,21-22,27H,13-18H2,1-2H3. The van der Waals surface area contributed by atoms with Crippen molar-refractivity contribution in [2.24, 2.45) is 5.92 Å². The van der Waals surface area contributed by atoms with Crippen LogP contribution >= 0.6 is 0 Å². The fourth-order valence-corrected chi connectivity index (χ4v) is 5.46. The Kier molecular flexibility index (Phi) is 7.92. The Hall–Kier alpha value is -2.71. The number of likely N-dealkylation sites (tertiary alicyclic amines) is 1. The van der Waals surface area contributed by atoms with Gasteiger partial charge in [0.1, 0.15) is 11.4 Å². The van der Waals surface area contributed by atoms with Crippen molar-refractivity contribution in [2.45, 2.75) is 44.1 Å². The van der Waals surface area contributed by atoms with Crippen LogP contribution in [0.1, 0.15) is 31.4 Å². The SMILES string of the molecule is CC(C)(C(=O)N1CCC(O)C1)S(=O)(=O)CC(Cc1ccccc1)C(=O)OCc1ccccc1. The summed E-state index contributed by atoms with van der Waals surface area (Å²) in [5.74, 6) is -2.65. The van der Waals surface area contributed by atoms with Gasteiger partial charge >= 0.3 is 5.97 Å². The van der Waals surface area contributed by atoms with E-state index in [0.29, 0.717) is 13.0 Å². The van der Waals surface area contributed by atoms with Crippen LogP contribution in [0.5, 0.6) is 0 Å². The van der Waals surface area contributed by atoms with E-state index in [1.54, 1.807) is 0 Å². The van der Waals surface area contributed by atoms with Crippen molar-refractivity contribution in [3.63, 3.8) is 0 Å². The van der Waals surface area contributed by atoms with Crippen molar-refractivity contribution >= 4 is 21.7 Å². The second-order valence-electron chi connectivity index (χ2n) is 8.97. The normalized spacial score (nSPS) is 17.5. The Balaban J connectivity index is 1.78. The number of hydrogen-bond donors (Lipinski definition) is 1. The largest absolute Gasteiger partial charge is 0.461 e. The van der Waals surface area contributed by atoms with E-state index >= 15 is 0 Å². The summed E-state index contributed by atoms with van der Waals surface area (Å²) in [5, 5.41) is 9.75. The zero-order valence-corrected chi connectivity index (χ0v) is 19.8. The number of rotatable bonds is 9. The Bertz CT molecular complexity index is 1050. The first-order chi connectivity index (χ1) is 15.6. The van der Waals surface area contributed by atoms with Gasteiger partial charge in [0.2, 0.25) is 5.91 Å². The zero-order valence-electron chi connectivity index (χ0n) is 19.0. The quantitative estimate of drug-likeness (QED) is 0.561. The van der Waals surface area contributed by atoms with Crippen LogP contribution in [-0.4, -0.2) is 60.0 Å². The number of amides is 1. The van der Waals surface area contributed by atoms with Crippen molar-refractivity contribution in [2.75, 3.05) is 18.8 Å². The lowest BCUT2D eigenvalue weighted by molar-refractivity contribution is -0.149. The smallest absolute Gasteiger partial charge is 0.310 e. The minimum Gasteiger partial charge on any atom is -0.461 e. The fourth-order valence-electron chi connectivity index (χ4n) is 3.87. The van der Waals surface area contributed by atoms with Crippen LogP contribution in [0.3, 0.4) is 0 Å². The average molecular weight is 474 g/mol. The highest BCUT2D eigenvalue weighted by Crippen LogP contribution is 2.27. The van der Waals surface area contributed by atoms with E-state index < -0.39 is 44.2 Å². The van der Waals surface area contributed by atoms with E-state index in [9.17, 15) is 23.1 Å². The van der Waals surface area contributed by atoms with Crippen molar-refractivity contribution in [1.82, 2.24) is 4.90 Å². The third-order valence-corrected chi connectivity index (χ3v) is 8.62. The summed E-state index contributed by atoms with van der Waals surface area (Å²) in [6.07, 6.45) is -0.0451. The monoisotopic (exact) mass is 473 g/mol. The molecule has 1 aliphatic rings. The number of carbonyl (C=O) groups excluding carboxylic acids is 2. The van der Waals surface area contributed by atoms with Gasteiger partial charge in [-0.15, -0.1) is 0 Å². The molecule has 1 heterocycles. The summed E-state index contributed by atoms with van der Waals surface area (Å²) < 4.78 is 30.5. The number of esters is 1. The molecule has 1 N–H and O–H groups in total. The first-order valence-electron chi connectivity index (χ1n) is 11.0. The Labute approximate surface area is 195 Å². The van der Waals surface area contributed by atoms with Gasteiger partial charge in [-0.05, 0) is 37.8 Å². The number of ether oxygens (including phenoxy) is 1. The number of aliphatic hydroxyl groups is 1. The molecule has 8 heteroatoms. The molecule has 0 spiro atoms. The molecule has 0 bridgehead atoms. The van der Waals surface area contributed by atoms with Crippen molar-refractivity contribution in [1.29, 1.82) is 0 Å². The average Bonchev–Trinajstić information content (AvgIpc) is 3.23. The molecule has 178 valence electrons. The van der Waals surface area contributed by atoms with Crippen LogP contribution in [0.25, 0.3) is 0 Å². The summed E-state index contributed by atoms with van der Waals surface area (Å²) in [6.45, 7) is 3.20. The summed E-state index contributed by atoms with van der Waals surface area (Å²) in [4.78, 5) is 27.4. The lowest BCUT2D eigenvalue weighted by atomic mass is 10.0. The lowest BCUT2D eigenvalue weighted by Gasteiger charge is -2.30. The van der Waals surface area contributed by atoms with E-state index in [0.717, 1.165) is 11.1 Å². The van der Waals surface area contributed by atoms with E-state index in [-0.39, 0.29) is 19.6 Å². The molecule has 1 amide bonds. The number of hydrogen-bond acceptors (Lipinski definition) is 6. The van der Waals surface area contributed by atoms with Gasteiger partial charge < -0.3 is 14.7 Å². The molecule has 33 heavy (non-hydrogen) atoms. The number of aliphatic hydroxyl groups excluding tert-OH is 1. The maximum Gasteiger partial charge on any atom is 0.310 e. The van der Waals surface area contributed by atoms with E-state index in [1.807, 2.05) is 60.7 Å². The van der Waals surface area contributed by atoms with Gasteiger partial charge in [-0.3, -0.25) is 9.59 Å². The number of β-amino-alcohol motifs (C(OH)–C–C–N with tert-alkyl or cyclic N) is 1. The van der Waals surface area contributed by atoms with Gasteiger partial charge in [0, 0.05) is 13.1 Å². The van der Waals surface area contributed by atoms with Crippen LogP contribution < -0.4 is 0 Å². The van der Waals surface area contributed by atoms with E-state index in [4.69, 9.17) is 4.74 Å². The van der Waals surface area contributed by atoms with Gasteiger partial charge in [-0.1, -0.05) is 60.7 Å². The van der Waals surface area contributed by atoms with Crippen LogP contribution in [0, 0.1) is 5.92 Å². The predicted molar refractivity (Wildman–Crippen MR) is 125 cm³/mol. The van der Waals surface area contributed by atoms with E-state index in [2.05, 4.69) is 0 Å². The third-order valence-electron chi connectivity index (χ3n) is 6.05. The number of sulfone groups is 1. The van der Waals surface area contributed by atoms with E-state index in [1.165, 1.54) is 18.7 Å². The fraction of sp³-hybridized carbons (Fsp3) is 0.440. The molecule has 2 unspecified atom stereocenters. The Morgan fingerprint density at radius 3 is 2.18 bits per heavy atom. The van der Waals surface area contributed by atoms with Crippen LogP contribution in [0.4, 0.5) is 0 Å². The topological polar surface area (TPSA) is 101 Å². The molecule has 7 nitrogen and oxygen atoms in total. The molecule has 2 atom stereocenters. The van der Waals surface area contributed by atoms with Crippen molar-refractivity contribution in [3.8, 4) is 0 Å². The molecule has 1 saturated heterocycles. The van der Waals surface area contributed by atoms with Crippen LogP contribution in [-0.2, 0) is 37.2 Å². The number of carbonyl (C=O) groups is 2. The second-order valence-corrected chi connectivity index (χ2v) is 11.5. The summed E-state index contributed by atoms with van der Waals surface area (Å²) in [5.41, 5.74) is 1.61. The molecule has 0 aliphatic carbocycles. The van der Waals surface area contributed by atoms with Crippen molar-refractivity contribution in [3.05, 3.63) is 71.8 Å². The van der Waals surface area contributed by atoms with Gasteiger partial charge in [-0.25, -0.2) is 8.42 Å². The maximum absolute atomic E-state index is 13.4. The van der Waals surface area contributed by atoms with Gasteiger partial charge in [0.15, 0.2) is 9.84 Å². The predicted octanol–water partition coefficient (Wildman–Crippen LogP) is 2.38. The Morgan fingerprint density at radius 2 is 1.64 bits per heavy atom. The molecular weight excluding hydrogens is 442 g/mol. The van der Waals surface area contributed by atoms with Crippen LogP contribution in [0.15, 0.2) is 60.7 Å². The maximum atomic E-state index is 13.4. The lowest BCUT2D eigenvalue weighted by Crippen LogP contribution is -2.51. The highest BCUT2D eigenvalue weighted by atomic mass is 32.2. The minimum absolute atomic E-state index is 0.0407. The first-order valence-corrected chi connectivity index (χ1v) is 12.7. The first kappa shape index (κ1) is 24.9. The molecule has 0 radical (unpaired) electrons. The highest BCUT2D eigenvalue weighted by Gasteiger charge is 2.47. The molecule has 1 fully saturated rings. The molecule has 0 aromatic heterocycles. The summed E-state index contributed by atoms with van der Waals surface area (Å²) in [7, 11) is -4.03. The molecule has 0 saturated carbocycles. The summed E-state index contributed by atoms with van der Waals surface area (Å²) in [6, 6.07) is 18.3. The number of benzene rings is 2. The molecular formula is C25H31NO6S. The van der Waals surface area contributed by atoms with Gasteiger partial charge in [0.05, 0.1) is 17.8 Å². The van der Waals surface area contributed by atoms with Gasteiger partial charge in [0.25, 0.3) is 0 Å². The molecule has 2 aromatic rings. The highest BCUT2D eigenvalue weighted by molar-refractivity contribution is 7.93. The van der Waals surface area contributed by atoms with Crippen molar-refractivity contribution < 1.29 is 27.9 Å². The molecule has 1 aliphatic heterocycles.